The van der Waals surface area contributed by atoms with Crippen molar-refractivity contribution in [2.24, 2.45) is 0 Å². The molecule has 0 heterocycles. The number of rotatable bonds is 0. The minimum atomic E-state index is -0.869. The van der Waals surface area contributed by atoms with Crippen molar-refractivity contribution in [3.8, 4) is 17.6 Å². The normalized spacial score (nSPS) is 9.15. The van der Waals surface area contributed by atoms with Crippen LogP contribution in [0.25, 0.3) is 0 Å². The third-order valence-corrected chi connectivity index (χ3v) is 1.48. The minimum absolute atomic E-state index is 0.222. The zero-order chi connectivity index (χ0) is 9.84. The molecular weight excluding hydrogens is 194 g/mol. The van der Waals surface area contributed by atoms with Crippen LogP contribution in [0.2, 0.25) is 0 Å². The standard InChI is InChI=1S/C9H6F2OS/c10-8-4-6(12)5-9(11)7(8)2-1-3-13/h4-5,12-13H,3H2. The van der Waals surface area contributed by atoms with E-state index in [9.17, 15) is 8.78 Å². The topological polar surface area (TPSA) is 20.2 Å². The number of aromatic hydroxyl groups is 1. The van der Waals surface area contributed by atoms with E-state index in [4.69, 9.17) is 5.11 Å². The molecule has 0 aliphatic rings. The Morgan fingerprint density at radius 1 is 1.31 bits per heavy atom. The maximum absolute atomic E-state index is 12.9. The van der Waals surface area contributed by atoms with Gasteiger partial charge in [-0.05, 0) is 0 Å². The Bertz CT molecular complexity index is 356. The lowest BCUT2D eigenvalue weighted by Crippen LogP contribution is -1.89. The van der Waals surface area contributed by atoms with Crippen molar-refractivity contribution < 1.29 is 13.9 Å². The number of phenolic OH excluding ortho intramolecular Hbond substituents is 1. The summed E-state index contributed by atoms with van der Waals surface area (Å²) in [5.74, 6) is 2.72. The highest BCUT2D eigenvalue weighted by Crippen LogP contribution is 2.18. The van der Waals surface area contributed by atoms with Crippen molar-refractivity contribution >= 4 is 12.6 Å². The average Bonchev–Trinajstić information content (AvgIpc) is 2.02. The molecule has 0 aromatic heterocycles. The Kier molecular flexibility index (Phi) is 3.15. The highest BCUT2D eigenvalue weighted by molar-refractivity contribution is 7.80. The summed E-state index contributed by atoms with van der Waals surface area (Å²) < 4.78 is 25.8. The molecule has 0 atom stereocenters. The highest BCUT2D eigenvalue weighted by atomic mass is 32.1. The van der Waals surface area contributed by atoms with Crippen LogP contribution in [0, 0.1) is 23.5 Å². The fraction of sp³-hybridized carbons (Fsp3) is 0.111. The molecule has 0 bridgehead atoms. The summed E-state index contributed by atoms with van der Waals surface area (Å²) in [5, 5.41) is 8.80. The van der Waals surface area contributed by atoms with Gasteiger partial charge in [0.25, 0.3) is 0 Å². The molecule has 1 N–H and O–H groups in total. The highest BCUT2D eigenvalue weighted by Gasteiger charge is 2.07. The van der Waals surface area contributed by atoms with E-state index in [1.165, 1.54) is 0 Å². The van der Waals surface area contributed by atoms with E-state index >= 15 is 0 Å². The van der Waals surface area contributed by atoms with Crippen LogP contribution < -0.4 is 0 Å². The van der Waals surface area contributed by atoms with E-state index in [0.29, 0.717) is 0 Å². The lowest BCUT2D eigenvalue weighted by molar-refractivity contribution is 0.459. The van der Waals surface area contributed by atoms with Crippen LogP contribution in [0.4, 0.5) is 8.78 Å². The summed E-state index contributed by atoms with van der Waals surface area (Å²) in [6.45, 7) is 0. The fourth-order valence-corrected chi connectivity index (χ4v) is 0.886. The molecule has 13 heavy (non-hydrogen) atoms. The summed E-state index contributed by atoms with van der Waals surface area (Å²) in [4.78, 5) is 0. The Morgan fingerprint density at radius 2 is 1.85 bits per heavy atom. The van der Waals surface area contributed by atoms with E-state index < -0.39 is 17.4 Å². The SMILES string of the molecule is Oc1cc(F)c(C#CCS)c(F)c1. The van der Waals surface area contributed by atoms with Gasteiger partial charge in [0.15, 0.2) is 0 Å². The molecule has 0 fully saturated rings. The van der Waals surface area contributed by atoms with Crippen LogP contribution >= 0.6 is 12.6 Å². The molecule has 0 saturated heterocycles. The monoisotopic (exact) mass is 200 g/mol. The van der Waals surface area contributed by atoms with Gasteiger partial charge >= 0.3 is 0 Å². The van der Waals surface area contributed by atoms with Gasteiger partial charge in [0, 0.05) is 12.1 Å². The van der Waals surface area contributed by atoms with Crippen LogP contribution in [0.1, 0.15) is 5.56 Å². The molecule has 1 nitrogen and oxygen atoms in total. The van der Waals surface area contributed by atoms with Crippen molar-refractivity contribution in [3.05, 3.63) is 29.3 Å². The van der Waals surface area contributed by atoms with Gasteiger partial charge in [-0.3, -0.25) is 0 Å². The third kappa shape index (κ3) is 2.36. The summed E-state index contributed by atoms with van der Waals surface area (Å²) in [5.41, 5.74) is -0.341. The van der Waals surface area contributed by atoms with Crippen LogP contribution in [-0.2, 0) is 0 Å². The van der Waals surface area contributed by atoms with Gasteiger partial charge in [-0.1, -0.05) is 11.8 Å². The van der Waals surface area contributed by atoms with Crippen molar-refractivity contribution in [2.75, 3.05) is 5.75 Å². The summed E-state index contributed by atoms with van der Waals surface area (Å²) in [6.07, 6.45) is 0. The second-order valence-corrected chi connectivity index (χ2v) is 2.56. The number of thiol groups is 1. The van der Waals surface area contributed by atoms with Crippen LogP contribution in [0.5, 0.6) is 5.75 Å². The van der Waals surface area contributed by atoms with Gasteiger partial charge < -0.3 is 5.11 Å². The van der Waals surface area contributed by atoms with Crippen LogP contribution in [0.3, 0.4) is 0 Å². The maximum Gasteiger partial charge on any atom is 0.145 e. The number of hydrogen-bond acceptors (Lipinski definition) is 2. The number of phenols is 1. The molecule has 0 spiro atoms. The molecule has 0 radical (unpaired) electrons. The molecule has 0 unspecified atom stereocenters. The summed E-state index contributed by atoms with van der Waals surface area (Å²) >= 11 is 3.77. The second-order valence-electron chi connectivity index (χ2n) is 2.24. The molecule has 1 rings (SSSR count). The second kappa shape index (κ2) is 4.15. The third-order valence-electron chi connectivity index (χ3n) is 1.32. The first-order valence-corrected chi connectivity index (χ1v) is 4.06. The van der Waals surface area contributed by atoms with E-state index in [1.807, 2.05) is 0 Å². The van der Waals surface area contributed by atoms with E-state index in [1.54, 1.807) is 0 Å². The Morgan fingerprint density at radius 3 is 2.31 bits per heavy atom. The molecule has 0 saturated carbocycles. The van der Waals surface area contributed by atoms with Crippen molar-refractivity contribution in [1.82, 2.24) is 0 Å². The molecule has 1 aromatic carbocycles. The molecule has 0 aliphatic carbocycles. The molecular formula is C9H6F2OS. The lowest BCUT2D eigenvalue weighted by atomic mass is 10.2. The van der Waals surface area contributed by atoms with Gasteiger partial charge in [0.2, 0.25) is 0 Å². The predicted octanol–water partition coefficient (Wildman–Crippen LogP) is 1.95. The van der Waals surface area contributed by atoms with Crippen molar-refractivity contribution in [2.45, 2.75) is 0 Å². The van der Waals surface area contributed by atoms with Gasteiger partial charge in [-0.2, -0.15) is 12.6 Å². The summed E-state index contributed by atoms with van der Waals surface area (Å²) in [7, 11) is 0. The first-order chi connectivity index (χ1) is 6.15. The molecule has 0 aliphatic heterocycles. The fourth-order valence-electron chi connectivity index (χ4n) is 0.807. The van der Waals surface area contributed by atoms with Crippen molar-refractivity contribution in [1.29, 1.82) is 0 Å². The first-order valence-electron chi connectivity index (χ1n) is 3.43. The van der Waals surface area contributed by atoms with Crippen LogP contribution in [-0.4, -0.2) is 10.9 Å². The van der Waals surface area contributed by atoms with Gasteiger partial charge in [-0.25, -0.2) is 8.78 Å². The smallest absolute Gasteiger partial charge is 0.145 e. The molecule has 1 aromatic rings. The zero-order valence-electron chi connectivity index (χ0n) is 6.51. The van der Waals surface area contributed by atoms with E-state index in [-0.39, 0.29) is 11.3 Å². The van der Waals surface area contributed by atoms with Crippen molar-refractivity contribution in [3.63, 3.8) is 0 Å². The van der Waals surface area contributed by atoms with Gasteiger partial charge in [0.05, 0.1) is 11.3 Å². The Hall–Kier alpha value is -1.21. The zero-order valence-corrected chi connectivity index (χ0v) is 7.41. The predicted molar refractivity (Wildman–Crippen MR) is 48.8 cm³/mol. The minimum Gasteiger partial charge on any atom is -0.508 e. The summed E-state index contributed by atoms with van der Waals surface area (Å²) in [6, 6.07) is 1.62. The molecule has 68 valence electrons. The number of benzene rings is 1. The first kappa shape index (κ1) is 9.87. The largest absolute Gasteiger partial charge is 0.508 e. The lowest BCUT2D eigenvalue weighted by Gasteiger charge is -1.97. The molecule has 4 heteroatoms. The van der Waals surface area contributed by atoms with E-state index in [2.05, 4.69) is 24.5 Å². The van der Waals surface area contributed by atoms with Gasteiger partial charge in [-0.15, -0.1) is 0 Å². The average molecular weight is 200 g/mol. The quantitative estimate of drug-likeness (QED) is 0.484. The Labute approximate surface area is 79.8 Å². The Balaban J connectivity index is 3.21. The van der Waals surface area contributed by atoms with Gasteiger partial charge in [0.1, 0.15) is 17.4 Å². The number of halogens is 2. The van der Waals surface area contributed by atoms with Crippen LogP contribution in [0.15, 0.2) is 12.1 Å². The molecule has 0 amide bonds. The van der Waals surface area contributed by atoms with E-state index in [0.717, 1.165) is 12.1 Å². The number of hydrogen-bond donors (Lipinski definition) is 2. The maximum atomic E-state index is 12.9.